The molecule has 1 aromatic rings. The molecule has 82 valence electrons. The van der Waals surface area contributed by atoms with Crippen LogP contribution in [-0.2, 0) is 9.53 Å². The zero-order valence-electron chi connectivity index (χ0n) is 9.23. The number of amides is 1. The van der Waals surface area contributed by atoms with Crippen LogP contribution in [0.15, 0.2) is 24.5 Å². The molecule has 0 bridgehead atoms. The maximum atomic E-state index is 11.5. The normalized spacial score (nSPS) is 14.3. The number of hydrogen-bond acceptors (Lipinski definition) is 3. The molecule has 1 aromatic heterocycles. The highest BCUT2D eigenvalue weighted by atomic mass is 16.5. The molecule has 4 heteroatoms. The van der Waals surface area contributed by atoms with Crippen molar-refractivity contribution < 1.29 is 9.53 Å². The monoisotopic (exact) mass is 208 g/mol. The lowest BCUT2D eigenvalue weighted by Gasteiger charge is -2.16. The van der Waals surface area contributed by atoms with Crippen molar-refractivity contribution in [3.05, 3.63) is 30.1 Å². The van der Waals surface area contributed by atoms with Crippen LogP contribution in [0.5, 0.6) is 0 Å². The maximum absolute atomic E-state index is 11.5. The molecule has 0 radical (unpaired) electrons. The van der Waals surface area contributed by atoms with Crippen molar-refractivity contribution in [3.63, 3.8) is 0 Å². The molecule has 0 aliphatic heterocycles. The fourth-order valence-corrected chi connectivity index (χ4v) is 1.17. The summed E-state index contributed by atoms with van der Waals surface area (Å²) in [6.07, 6.45) is 2.99. The standard InChI is InChI=1S/C11H16N2O2/c1-8(10-4-6-12-7-5-10)13-11(14)9(2)15-3/h4-9H,1-3H3,(H,13,14)/t8-,9?/m0/s1. The van der Waals surface area contributed by atoms with Crippen molar-refractivity contribution in [2.24, 2.45) is 0 Å². The van der Waals surface area contributed by atoms with Gasteiger partial charge in [-0.2, -0.15) is 0 Å². The Morgan fingerprint density at radius 1 is 1.40 bits per heavy atom. The summed E-state index contributed by atoms with van der Waals surface area (Å²) < 4.78 is 4.92. The molecule has 1 heterocycles. The van der Waals surface area contributed by atoms with E-state index in [9.17, 15) is 4.79 Å². The SMILES string of the molecule is COC(C)C(=O)N[C@@H](C)c1ccncc1. The van der Waals surface area contributed by atoms with Crippen LogP contribution in [0.25, 0.3) is 0 Å². The van der Waals surface area contributed by atoms with Gasteiger partial charge in [-0.15, -0.1) is 0 Å². The van der Waals surface area contributed by atoms with Gasteiger partial charge in [0.2, 0.25) is 5.91 Å². The van der Waals surface area contributed by atoms with Gasteiger partial charge in [-0.05, 0) is 31.5 Å². The molecule has 0 spiro atoms. The molecular weight excluding hydrogens is 192 g/mol. The maximum Gasteiger partial charge on any atom is 0.249 e. The van der Waals surface area contributed by atoms with Crippen molar-refractivity contribution in [2.45, 2.75) is 26.0 Å². The predicted molar refractivity (Wildman–Crippen MR) is 57.3 cm³/mol. The summed E-state index contributed by atoms with van der Waals surface area (Å²) in [6.45, 7) is 3.64. The zero-order chi connectivity index (χ0) is 11.3. The second-order valence-corrected chi connectivity index (χ2v) is 3.39. The van der Waals surface area contributed by atoms with Crippen molar-refractivity contribution >= 4 is 5.91 Å². The third-order valence-electron chi connectivity index (χ3n) is 2.29. The average molecular weight is 208 g/mol. The third-order valence-corrected chi connectivity index (χ3v) is 2.29. The third kappa shape index (κ3) is 3.32. The van der Waals surface area contributed by atoms with E-state index in [0.29, 0.717) is 0 Å². The summed E-state index contributed by atoms with van der Waals surface area (Å²) in [7, 11) is 1.52. The van der Waals surface area contributed by atoms with E-state index >= 15 is 0 Å². The molecule has 0 aromatic carbocycles. The van der Waals surface area contributed by atoms with Gasteiger partial charge in [0.15, 0.2) is 0 Å². The quantitative estimate of drug-likeness (QED) is 0.811. The molecule has 2 atom stereocenters. The number of nitrogens with zero attached hydrogens (tertiary/aromatic N) is 1. The first-order valence-electron chi connectivity index (χ1n) is 4.88. The lowest BCUT2D eigenvalue weighted by atomic mass is 10.1. The highest BCUT2D eigenvalue weighted by Gasteiger charge is 2.14. The highest BCUT2D eigenvalue weighted by molar-refractivity contribution is 5.80. The summed E-state index contributed by atoms with van der Waals surface area (Å²) in [6, 6.07) is 3.73. The van der Waals surface area contributed by atoms with Crippen molar-refractivity contribution in [1.29, 1.82) is 0 Å². The van der Waals surface area contributed by atoms with E-state index in [0.717, 1.165) is 5.56 Å². The predicted octanol–water partition coefficient (Wildman–Crippen LogP) is 1.29. The van der Waals surface area contributed by atoms with E-state index in [2.05, 4.69) is 10.3 Å². The molecule has 0 aliphatic rings. The summed E-state index contributed by atoms with van der Waals surface area (Å²) in [5.74, 6) is -0.109. The van der Waals surface area contributed by atoms with Crippen molar-refractivity contribution in [2.75, 3.05) is 7.11 Å². The number of ether oxygens (including phenoxy) is 1. The first-order chi connectivity index (χ1) is 7.15. The molecule has 0 fully saturated rings. The highest BCUT2D eigenvalue weighted by Crippen LogP contribution is 2.10. The second kappa shape index (κ2) is 5.46. The van der Waals surface area contributed by atoms with Gasteiger partial charge in [0, 0.05) is 19.5 Å². The Hall–Kier alpha value is -1.42. The second-order valence-electron chi connectivity index (χ2n) is 3.39. The van der Waals surface area contributed by atoms with E-state index in [1.807, 2.05) is 19.1 Å². The van der Waals surface area contributed by atoms with Gasteiger partial charge in [0.05, 0.1) is 6.04 Å². The number of carbonyl (C=O) groups excluding carboxylic acids is 1. The van der Waals surface area contributed by atoms with E-state index in [4.69, 9.17) is 4.74 Å². The van der Waals surface area contributed by atoms with Crippen LogP contribution in [0.2, 0.25) is 0 Å². The van der Waals surface area contributed by atoms with Gasteiger partial charge in [0.25, 0.3) is 0 Å². The van der Waals surface area contributed by atoms with E-state index < -0.39 is 6.10 Å². The molecule has 0 saturated heterocycles. The van der Waals surface area contributed by atoms with Crippen LogP contribution >= 0.6 is 0 Å². The van der Waals surface area contributed by atoms with Gasteiger partial charge in [-0.25, -0.2) is 0 Å². The minimum atomic E-state index is -0.422. The molecule has 1 amide bonds. The summed E-state index contributed by atoms with van der Waals surface area (Å²) in [5.41, 5.74) is 1.03. The fourth-order valence-electron chi connectivity index (χ4n) is 1.17. The van der Waals surface area contributed by atoms with Crippen LogP contribution in [0.3, 0.4) is 0 Å². The topological polar surface area (TPSA) is 51.2 Å². The van der Waals surface area contributed by atoms with Crippen molar-refractivity contribution in [3.8, 4) is 0 Å². The molecule has 15 heavy (non-hydrogen) atoms. The number of hydrogen-bond donors (Lipinski definition) is 1. The molecule has 0 aliphatic carbocycles. The average Bonchev–Trinajstić information content (AvgIpc) is 2.29. The van der Waals surface area contributed by atoms with Gasteiger partial charge >= 0.3 is 0 Å². The lowest BCUT2D eigenvalue weighted by Crippen LogP contribution is -2.35. The number of aromatic nitrogens is 1. The fraction of sp³-hybridized carbons (Fsp3) is 0.455. The lowest BCUT2D eigenvalue weighted by molar-refractivity contribution is -0.130. The summed E-state index contributed by atoms with van der Waals surface area (Å²) in [4.78, 5) is 15.4. The van der Waals surface area contributed by atoms with Crippen molar-refractivity contribution in [1.82, 2.24) is 10.3 Å². The molecular formula is C11H16N2O2. The van der Waals surface area contributed by atoms with Crippen LogP contribution < -0.4 is 5.32 Å². The molecule has 4 nitrogen and oxygen atoms in total. The van der Waals surface area contributed by atoms with Gasteiger partial charge < -0.3 is 10.1 Å². The largest absolute Gasteiger partial charge is 0.372 e. The minimum Gasteiger partial charge on any atom is -0.372 e. The van der Waals surface area contributed by atoms with Crippen LogP contribution in [0.4, 0.5) is 0 Å². The van der Waals surface area contributed by atoms with E-state index in [1.165, 1.54) is 7.11 Å². The summed E-state index contributed by atoms with van der Waals surface area (Å²) >= 11 is 0. The Kier molecular flexibility index (Phi) is 4.24. The van der Waals surface area contributed by atoms with Gasteiger partial charge in [0.1, 0.15) is 6.10 Å². The Morgan fingerprint density at radius 2 is 2.00 bits per heavy atom. The van der Waals surface area contributed by atoms with E-state index in [-0.39, 0.29) is 11.9 Å². The Labute approximate surface area is 89.7 Å². The molecule has 0 saturated carbocycles. The Bertz CT molecular complexity index is 314. The Balaban J connectivity index is 2.56. The van der Waals surface area contributed by atoms with Crippen LogP contribution in [0, 0.1) is 0 Å². The minimum absolute atomic E-state index is 0.0295. The first-order valence-corrected chi connectivity index (χ1v) is 4.88. The van der Waals surface area contributed by atoms with Gasteiger partial charge in [-0.1, -0.05) is 0 Å². The first kappa shape index (κ1) is 11.7. The zero-order valence-corrected chi connectivity index (χ0v) is 9.23. The molecule has 1 rings (SSSR count). The number of methoxy groups -OCH3 is 1. The summed E-state index contributed by atoms with van der Waals surface area (Å²) in [5, 5.41) is 2.86. The van der Waals surface area contributed by atoms with Crippen LogP contribution in [0.1, 0.15) is 25.5 Å². The number of nitrogens with one attached hydrogen (secondary N) is 1. The van der Waals surface area contributed by atoms with Gasteiger partial charge in [-0.3, -0.25) is 9.78 Å². The number of rotatable bonds is 4. The number of pyridine rings is 1. The molecule has 1 unspecified atom stereocenters. The smallest absolute Gasteiger partial charge is 0.249 e. The molecule has 1 N–H and O–H groups in total. The van der Waals surface area contributed by atoms with E-state index in [1.54, 1.807) is 19.3 Å². The Morgan fingerprint density at radius 3 is 2.53 bits per heavy atom. The van der Waals surface area contributed by atoms with Crippen LogP contribution in [-0.4, -0.2) is 24.1 Å². The number of carbonyl (C=O) groups is 1.